The van der Waals surface area contributed by atoms with Crippen molar-refractivity contribution in [1.29, 1.82) is 0 Å². The number of halogens is 1. The van der Waals surface area contributed by atoms with Crippen molar-refractivity contribution in [3.8, 4) is 0 Å². The summed E-state index contributed by atoms with van der Waals surface area (Å²) in [6.07, 6.45) is 8.63. The van der Waals surface area contributed by atoms with E-state index in [1.165, 1.54) is 5.57 Å². The lowest BCUT2D eigenvalue weighted by molar-refractivity contribution is 0.0945. The Bertz CT molecular complexity index is 893. The Balaban J connectivity index is 2.20. The van der Waals surface area contributed by atoms with Gasteiger partial charge in [0.05, 0.1) is 17.3 Å². The van der Waals surface area contributed by atoms with Crippen LogP contribution in [0.15, 0.2) is 70.4 Å². The Morgan fingerprint density at radius 1 is 1.25 bits per heavy atom. The highest BCUT2D eigenvalue weighted by molar-refractivity contribution is 6.31. The van der Waals surface area contributed by atoms with E-state index in [0.29, 0.717) is 17.0 Å². The van der Waals surface area contributed by atoms with Gasteiger partial charge in [0.15, 0.2) is 0 Å². The molecular weight excluding hydrogens is 370 g/mol. The highest BCUT2D eigenvalue weighted by Crippen LogP contribution is 2.30. The number of carbonyl (C=O) groups is 1. The number of amides is 1. The third-order valence-electron chi connectivity index (χ3n) is 4.94. The maximum absolute atomic E-state index is 12.7. The lowest BCUT2D eigenvalue weighted by Crippen LogP contribution is -2.37. The highest BCUT2D eigenvalue weighted by Gasteiger charge is 2.27. The van der Waals surface area contributed by atoms with Crippen LogP contribution in [0, 0.1) is 0 Å². The molecule has 1 aromatic carbocycles. The Kier molecular flexibility index (Phi) is 7.41. The van der Waals surface area contributed by atoms with Gasteiger partial charge in [-0.15, -0.1) is 0 Å². The van der Waals surface area contributed by atoms with Gasteiger partial charge in [0.1, 0.15) is 0 Å². The minimum Gasteiger partial charge on any atom is -0.346 e. The van der Waals surface area contributed by atoms with E-state index < -0.39 is 0 Å². The van der Waals surface area contributed by atoms with Gasteiger partial charge < -0.3 is 10.2 Å². The molecule has 0 radical (unpaired) electrons. The molecule has 0 bridgehead atoms. The summed E-state index contributed by atoms with van der Waals surface area (Å²) in [6.45, 7) is 10.4. The Hall–Kier alpha value is -2.59. The fourth-order valence-electron chi connectivity index (χ4n) is 2.97. The van der Waals surface area contributed by atoms with Crippen molar-refractivity contribution >= 4 is 29.4 Å². The van der Waals surface area contributed by atoms with Gasteiger partial charge in [-0.1, -0.05) is 35.9 Å². The van der Waals surface area contributed by atoms with Crippen LogP contribution in [0.1, 0.15) is 37.6 Å². The zero-order valence-corrected chi connectivity index (χ0v) is 18.0. The third-order valence-corrected chi connectivity index (χ3v) is 5.18. The number of rotatable bonds is 5. The zero-order chi connectivity index (χ0) is 20.8. The molecule has 1 atom stereocenters. The number of aliphatic imine (C=N–C) groups is 1. The molecule has 1 aromatic rings. The topological polar surface area (TPSA) is 44.7 Å². The van der Waals surface area contributed by atoms with Gasteiger partial charge in [-0.05, 0) is 62.6 Å². The molecule has 0 aliphatic carbocycles. The van der Waals surface area contributed by atoms with Crippen LogP contribution in [0.2, 0.25) is 5.02 Å². The molecule has 0 fully saturated rings. The monoisotopic (exact) mass is 397 g/mol. The zero-order valence-electron chi connectivity index (χ0n) is 17.2. The first-order valence-electron chi connectivity index (χ1n) is 9.21. The van der Waals surface area contributed by atoms with Crippen LogP contribution in [-0.2, 0) is 0 Å². The van der Waals surface area contributed by atoms with Crippen molar-refractivity contribution in [2.75, 3.05) is 19.0 Å². The molecule has 28 heavy (non-hydrogen) atoms. The van der Waals surface area contributed by atoms with Gasteiger partial charge in [0.2, 0.25) is 0 Å². The Morgan fingerprint density at radius 3 is 2.61 bits per heavy atom. The maximum Gasteiger partial charge on any atom is 0.253 e. The lowest BCUT2D eigenvalue weighted by atomic mass is 10.0. The average molecular weight is 398 g/mol. The van der Waals surface area contributed by atoms with Crippen molar-refractivity contribution < 1.29 is 4.79 Å². The smallest absolute Gasteiger partial charge is 0.253 e. The number of hydrogen-bond donors (Lipinski definition) is 1. The van der Waals surface area contributed by atoms with Gasteiger partial charge >= 0.3 is 0 Å². The summed E-state index contributed by atoms with van der Waals surface area (Å²) in [4.78, 5) is 18.6. The minimum atomic E-state index is -0.183. The van der Waals surface area contributed by atoms with E-state index in [0.717, 1.165) is 22.5 Å². The summed E-state index contributed by atoms with van der Waals surface area (Å²) in [5.41, 5.74) is 5.70. The second-order valence-corrected chi connectivity index (χ2v) is 7.50. The Morgan fingerprint density at radius 2 is 1.93 bits per heavy atom. The van der Waals surface area contributed by atoms with Crippen LogP contribution in [0.5, 0.6) is 0 Å². The number of fused-ring (bicyclic) bond motifs is 1. The molecule has 1 N–H and O–H groups in total. The van der Waals surface area contributed by atoms with Gasteiger partial charge in [-0.25, -0.2) is 0 Å². The van der Waals surface area contributed by atoms with Crippen molar-refractivity contribution in [3.05, 3.63) is 76.0 Å². The molecule has 2 rings (SSSR count). The number of carbonyl (C=O) groups excluding carboxylic acids is 1. The van der Waals surface area contributed by atoms with Crippen LogP contribution in [-0.4, -0.2) is 32.3 Å². The van der Waals surface area contributed by atoms with Crippen molar-refractivity contribution in [2.45, 2.75) is 33.2 Å². The molecule has 0 saturated heterocycles. The molecule has 4 nitrogen and oxygen atoms in total. The number of benzene rings is 1. The van der Waals surface area contributed by atoms with E-state index >= 15 is 0 Å². The van der Waals surface area contributed by atoms with E-state index in [9.17, 15) is 4.79 Å². The van der Waals surface area contributed by atoms with Gasteiger partial charge in [-0.2, -0.15) is 0 Å². The quantitative estimate of drug-likeness (QED) is 0.539. The van der Waals surface area contributed by atoms with Gasteiger partial charge in [0.25, 0.3) is 5.91 Å². The summed E-state index contributed by atoms with van der Waals surface area (Å²) < 4.78 is 0. The van der Waals surface area contributed by atoms with E-state index in [4.69, 9.17) is 11.6 Å². The number of allylic oxidation sites excluding steroid dienone is 5. The van der Waals surface area contributed by atoms with Crippen molar-refractivity contribution in [3.63, 3.8) is 0 Å². The molecule has 5 heteroatoms. The number of nitrogens with zero attached hydrogens (tertiary/aromatic N) is 2. The lowest BCUT2D eigenvalue weighted by Gasteiger charge is -2.26. The highest BCUT2D eigenvalue weighted by atomic mass is 35.5. The SMILES string of the molecule is C=C1C(CC(C)=CC=C(C)C(C)=CC=NC)NC(=O)c2cc(Cl)ccc2N1C. The summed E-state index contributed by atoms with van der Waals surface area (Å²) in [6, 6.07) is 5.16. The molecule has 1 aliphatic heterocycles. The average Bonchev–Trinajstić information content (AvgIpc) is 2.75. The normalized spacial score (nSPS) is 19.0. The Labute approximate surface area is 173 Å². The molecular formula is C23H28ClN3O. The van der Waals surface area contributed by atoms with Crippen LogP contribution >= 0.6 is 11.6 Å². The third kappa shape index (κ3) is 5.23. The van der Waals surface area contributed by atoms with Crippen LogP contribution in [0.25, 0.3) is 0 Å². The first-order valence-corrected chi connectivity index (χ1v) is 9.58. The van der Waals surface area contributed by atoms with Crippen LogP contribution in [0.4, 0.5) is 5.69 Å². The van der Waals surface area contributed by atoms with E-state index in [-0.39, 0.29) is 11.9 Å². The molecule has 1 aliphatic rings. The molecule has 1 amide bonds. The van der Waals surface area contributed by atoms with Gasteiger partial charge in [0, 0.05) is 31.0 Å². The number of nitrogens with one attached hydrogen (secondary N) is 1. The second kappa shape index (κ2) is 9.56. The summed E-state index contributed by atoms with van der Waals surface area (Å²) in [7, 11) is 3.68. The molecule has 148 valence electrons. The van der Waals surface area contributed by atoms with Crippen LogP contribution < -0.4 is 10.2 Å². The number of anilines is 1. The van der Waals surface area contributed by atoms with Gasteiger partial charge in [-0.3, -0.25) is 9.79 Å². The molecule has 0 spiro atoms. The first kappa shape index (κ1) is 21.7. The van der Waals surface area contributed by atoms with E-state index in [1.54, 1.807) is 25.4 Å². The standard InChI is InChI=1S/C23H28ClN3O/c1-15(7-8-16(2)17(3)11-12-25-5)13-21-18(4)27(6)22-10-9-19(24)14-20(22)23(28)26-21/h7-12,14,21H,4,13H2,1-3,5-6H3,(H,26,28). The van der Waals surface area contributed by atoms with E-state index in [2.05, 4.69) is 49.8 Å². The van der Waals surface area contributed by atoms with E-state index in [1.807, 2.05) is 24.1 Å². The van der Waals surface area contributed by atoms with Crippen molar-refractivity contribution in [1.82, 2.24) is 5.32 Å². The molecule has 0 saturated carbocycles. The summed E-state index contributed by atoms with van der Waals surface area (Å²) in [5, 5.41) is 3.62. The fourth-order valence-corrected chi connectivity index (χ4v) is 3.14. The molecule has 1 heterocycles. The first-order chi connectivity index (χ1) is 13.2. The fraction of sp³-hybridized carbons (Fsp3) is 0.304. The second-order valence-electron chi connectivity index (χ2n) is 7.06. The maximum atomic E-state index is 12.7. The molecule has 0 aromatic heterocycles. The minimum absolute atomic E-state index is 0.134. The number of likely N-dealkylation sites (N-methyl/N-ethyl adjacent to an activating group) is 1. The predicted molar refractivity (Wildman–Crippen MR) is 121 cm³/mol. The largest absolute Gasteiger partial charge is 0.346 e. The molecule has 1 unspecified atom stereocenters. The summed E-state index contributed by atoms with van der Waals surface area (Å²) >= 11 is 6.08. The summed E-state index contributed by atoms with van der Waals surface area (Å²) in [5.74, 6) is -0.134. The predicted octanol–water partition coefficient (Wildman–Crippen LogP) is 5.33. The number of hydrogen-bond acceptors (Lipinski definition) is 3. The van der Waals surface area contributed by atoms with Crippen LogP contribution in [0.3, 0.4) is 0 Å². The van der Waals surface area contributed by atoms with Crippen molar-refractivity contribution in [2.24, 2.45) is 4.99 Å².